The molecule has 0 atom stereocenters. The van der Waals surface area contributed by atoms with E-state index in [1.807, 2.05) is 30.3 Å². The molecule has 0 aliphatic heterocycles. The van der Waals surface area contributed by atoms with Crippen molar-refractivity contribution in [1.29, 1.82) is 0 Å². The van der Waals surface area contributed by atoms with E-state index in [1.165, 1.54) is 11.8 Å². The number of fused-ring (bicyclic) bond motifs is 1. The number of hydrogen-bond donors (Lipinski definition) is 2. The summed E-state index contributed by atoms with van der Waals surface area (Å²) in [6.07, 6.45) is 1.67. The van der Waals surface area contributed by atoms with Crippen LogP contribution in [0.4, 0.5) is 10.5 Å². The number of amides is 2. The highest BCUT2D eigenvalue weighted by molar-refractivity contribution is 5.90. The summed E-state index contributed by atoms with van der Waals surface area (Å²) in [5.41, 5.74) is 1.62. The molecule has 168 valence electrons. The quantitative estimate of drug-likeness (QED) is 0.452. The van der Waals surface area contributed by atoms with Crippen LogP contribution in [0.5, 0.6) is 11.5 Å². The van der Waals surface area contributed by atoms with Gasteiger partial charge in [0.2, 0.25) is 0 Å². The van der Waals surface area contributed by atoms with E-state index in [2.05, 4.69) is 20.7 Å². The van der Waals surface area contributed by atoms with Gasteiger partial charge in [-0.1, -0.05) is 24.3 Å². The van der Waals surface area contributed by atoms with E-state index in [0.717, 1.165) is 0 Å². The monoisotopic (exact) mass is 445 g/mol. The number of carbonyl (C=O) groups is 1. The zero-order valence-corrected chi connectivity index (χ0v) is 18.2. The van der Waals surface area contributed by atoms with Crippen molar-refractivity contribution in [2.24, 2.45) is 0 Å². The molecular weight excluding hydrogens is 422 g/mol. The Bertz CT molecular complexity index is 1340. The predicted octanol–water partition coefficient (Wildman–Crippen LogP) is 3.18. The zero-order valence-electron chi connectivity index (χ0n) is 18.2. The van der Waals surface area contributed by atoms with Crippen molar-refractivity contribution in [3.05, 3.63) is 88.6 Å². The molecule has 0 radical (unpaired) electrons. The molecule has 0 spiro atoms. The molecule has 0 saturated carbocycles. The largest absolute Gasteiger partial charge is 0.493 e. The summed E-state index contributed by atoms with van der Waals surface area (Å²) >= 11 is 0. The Morgan fingerprint density at radius 2 is 1.73 bits per heavy atom. The van der Waals surface area contributed by atoms with Crippen LogP contribution in [0.25, 0.3) is 10.8 Å². The van der Waals surface area contributed by atoms with Crippen LogP contribution < -0.4 is 25.7 Å². The fourth-order valence-corrected chi connectivity index (χ4v) is 3.44. The Kier molecular flexibility index (Phi) is 6.49. The van der Waals surface area contributed by atoms with Gasteiger partial charge in [0.05, 0.1) is 44.1 Å². The number of nitrogens with zero attached hydrogens (tertiary/aromatic N) is 3. The summed E-state index contributed by atoms with van der Waals surface area (Å²) in [5.74, 6) is 1.07. The Morgan fingerprint density at radius 1 is 0.970 bits per heavy atom. The third-order valence-electron chi connectivity index (χ3n) is 5.04. The number of nitrogens with one attached hydrogen (secondary N) is 2. The topological polar surface area (TPSA) is 107 Å². The maximum atomic E-state index is 12.9. The molecule has 0 fully saturated rings. The van der Waals surface area contributed by atoms with Gasteiger partial charge in [0, 0.05) is 23.3 Å². The van der Waals surface area contributed by atoms with Crippen molar-refractivity contribution >= 4 is 22.5 Å². The number of rotatable bonds is 7. The minimum Gasteiger partial charge on any atom is -0.493 e. The summed E-state index contributed by atoms with van der Waals surface area (Å²) < 4.78 is 11.8. The second-order valence-electron chi connectivity index (χ2n) is 7.15. The molecule has 9 heteroatoms. The van der Waals surface area contributed by atoms with Crippen LogP contribution in [-0.2, 0) is 13.1 Å². The Morgan fingerprint density at radius 3 is 2.45 bits per heavy atom. The first-order valence-corrected chi connectivity index (χ1v) is 10.2. The summed E-state index contributed by atoms with van der Waals surface area (Å²) in [4.78, 5) is 29.7. The van der Waals surface area contributed by atoms with Gasteiger partial charge in [0.15, 0.2) is 11.5 Å². The molecule has 33 heavy (non-hydrogen) atoms. The van der Waals surface area contributed by atoms with Crippen LogP contribution in [0.1, 0.15) is 11.4 Å². The van der Waals surface area contributed by atoms with Gasteiger partial charge in [0.25, 0.3) is 5.56 Å². The molecule has 0 bridgehead atoms. The molecular formula is C24H23N5O4. The van der Waals surface area contributed by atoms with Crippen molar-refractivity contribution in [2.75, 3.05) is 19.5 Å². The van der Waals surface area contributed by atoms with Crippen LogP contribution in [0.3, 0.4) is 0 Å². The van der Waals surface area contributed by atoms with Crippen molar-refractivity contribution < 1.29 is 14.3 Å². The number of carbonyl (C=O) groups excluding carboxylic acids is 1. The molecule has 2 aromatic carbocycles. The fraction of sp³-hybridized carbons (Fsp3) is 0.167. The van der Waals surface area contributed by atoms with Gasteiger partial charge in [-0.15, -0.1) is 0 Å². The number of aromatic nitrogens is 3. The molecule has 2 aromatic heterocycles. The van der Waals surface area contributed by atoms with E-state index in [-0.39, 0.29) is 18.6 Å². The summed E-state index contributed by atoms with van der Waals surface area (Å²) in [6.45, 7) is 0.359. The Hall–Kier alpha value is -4.40. The molecule has 9 nitrogen and oxygen atoms in total. The van der Waals surface area contributed by atoms with Gasteiger partial charge in [-0.25, -0.2) is 9.48 Å². The first-order valence-electron chi connectivity index (χ1n) is 10.2. The number of methoxy groups -OCH3 is 2. The van der Waals surface area contributed by atoms with Crippen molar-refractivity contribution in [3.63, 3.8) is 0 Å². The van der Waals surface area contributed by atoms with E-state index < -0.39 is 6.03 Å². The number of anilines is 1. The standard InChI is InChI=1S/C24H23N5O4/c1-32-21-11-10-16(13-22(21)33-2)27-24(31)26-14-20-18-8-3-4-9-19(18)23(30)29(28-20)15-17-7-5-6-12-25-17/h3-13H,14-15H2,1-2H3,(H2,26,27,31). The van der Waals surface area contributed by atoms with E-state index >= 15 is 0 Å². The molecule has 2 amide bonds. The molecule has 4 aromatic rings. The Balaban J connectivity index is 1.55. The van der Waals surface area contributed by atoms with Crippen molar-refractivity contribution in [2.45, 2.75) is 13.1 Å². The number of urea groups is 1. The summed E-state index contributed by atoms with van der Waals surface area (Å²) in [7, 11) is 3.07. The molecule has 0 aliphatic rings. The highest BCUT2D eigenvalue weighted by Gasteiger charge is 2.13. The molecule has 0 unspecified atom stereocenters. The average Bonchev–Trinajstić information content (AvgIpc) is 2.85. The van der Waals surface area contributed by atoms with Gasteiger partial charge in [-0.3, -0.25) is 9.78 Å². The van der Waals surface area contributed by atoms with Gasteiger partial charge in [-0.05, 0) is 30.3 Å². The van der Waals surface area contributed by atoms with Crippen LogP contribution in [0.15, 0.2) is 71.7 Å². The lowest BCUT2D eigenvalue weighted by molar-refractivity contribution is 0.251. The van der Waals surface area contributed by atoms with E-state index in [1.54, 1.807) is 43.6 Å². The van der Waals surface area contributed by atoms with Gasteiger partial charge < -0.3 is 20.1 Å². The maximum absolute atomic E-state index is 12.9. The lowest BCUT2D eigenvalue weighted by Crippen LogP contribution is -2.31. The molecule has 0 saturated heterocycles. The molecule has 4 rings (SSSR count). The fourth-order valence-electron chi connectivity index (χ4n) is 3.44. The second-order valence-corrected chi connectivity index (χ2v) is 7.15. The maximum Gasteiger partial charge on any atom is 0.319 e. The number of ether oxygens (including phenoxy) is 2. The van der Waals surface area contributed by atoms with Crippen molar-refractivity contribution in [3.8, 4) is 11.5 Å². The van der Waals surface area contributed by atoms with Crippen LogP contribution >= 0.6 is 0 Å². The highest BCUT2D eigenvalue weighted by atomic mass is 16.5. The van der Waals surface area contributed by atoms with E-state index in [9.17, 15) is 9.59 Å². The van der Waals surface area contributed by atoms with Crippen LogP contribution in [0.2, 0.25) is 0 Å². The second kappa shape index (κ2) is 9.82. The predicted molar refractivity (Wildman–Crippen MR) is 125 cm³/mol. The van der Waals surface area contributed by atoms with E-state index in [4.69, 9.17) is 9.47 Å². The number of hydrogen-bond acceptors (Lipinski definition) is 6. The minimum atomic E-state index is -0.421. The smallest absolute Gasteiger partial charge is 0.319 e. The number of benzene rings is 2. The third-order valence-corrected chi connectivity index (χ3v) is 5.04. The highest BCUT2D eigenvalue weighted by Crippen LogP contribution is 2.29. The van der Waals surface area contributed by atoms with E-state index in [0.29, 0.717) is 39.3 Å². The molecule has 2 heterocycles. The van der Waals surface area contributed by atoms with Gasteiger partial charge >= 0.3 is 6.03 Å². The summed E-state index contributed by atoms with van der Waals surface area (Å²) in [5, 5.41) is 11.3. The number of pyridine rings is 1. The van der Waals surface area contributed by atoms with Gasteiger partial charge in [0.1, 0.15) is 0 Å². The normalized spacial score (nSPS) is 10.6. The van der Waals surface area contributed by atoms with Crippen LogP contribution in [0, 0.1) is 0 Å². The first-order chi connectivity index (χ1) is 16.1. The summed E-state index contributed by atoms with van der Waals surface area (Å²) in [6, 6.07) is 17.4. The lowest BCUT2D eigenvalue weighted by atomic mass is 10.1. The van der Waals surface area contributed by atoms with Crippen molar-refractivity contribution in [1.82, 2.24) is 20.1 Å². The third kappa shape index (κ3) is 4.93. The van der Waals surface area contributed by atoms with Crippen LogP contribution in [-0.4, -0.2) is 35.0 Å². The Labute approximate surface area is 190 Å². The molecule has 0 aliphatic carbocycles. The molecule has 2 N–H and O–H groups in total. The first kappa shape index (κ1) is 21.8. The minimum absolute atomic E-state index is 0.127. The average molecular weight is 445 g/mol. The lowest BCUT2D eigenvalue weighted by Gasteiger charge is -2.13. The zero-order chi connectivity index (χ0) is 23.2. The van der Waals surface area contributed by atoms with Gasteiger partial charge in [-0.2, -0.15) is 5.10 Å². The SMILES string of the molecule is COc1ccc(NC(=O)NCc2nn(Cc3ccccn3)c(=O)c3ccccc23)cc1OC.